The average Bonchev–Trinajstić information content (AvgIpc) is 2.88. The first-order valence-corrected chi connectivity index (χ1v) is 13.0. The number of hydrogen-bond donors (Lipinski definition) is 1. The lowest BCUT2D eigenvalue weighted by Crippen LogP contribution is -2.68. The standard InChI is InChI=1S/C29H37N3O3/c33-22-27-29(25-12-10-24(11-13-25)9-8-23-6-2-1-3-7-23)26-20-31(14-4-5-15-32(26)27)28(34)21-30-16-18-35-19-17-30/h1-3,6-13,26-27,29,33H,4-5,14-22H2/b9-8+/t26-,27-,29+/m1/s1. The minimum absolute atomic E-state index is 0.125. The molecule has 6 heteroatoms. The molecule has 6 nitrogen and oxygen atoms in total. The largest absolute Gasteiger partial charge is 0.395 e. The number of amides is 1. The third-order valence-corrected chi connectivity index (χ3v) is 7.77. The number of carbonyl (C=O) groups is 1. The van der Waals surface area contributed by atoms with Crippen molar-refractivity contribution in [3.05, 3.63) is 71.3 Å². The molecule has 0 aliphatic carbocycles. The molecule has 1 amide bonds. The highest BCUT2D eigenvalue weighted by atomic mass is 16.5. The third-order valence-electron chi connectivity index (χ3n) is 7.77. The lowest BCUT2D eigenvalue weighted by atomic mass is 9.74. The van der Waals surface area contributed by atoms with Crippen molar-refractivity contribution < 1.29 is 14.6 Å². The van der Waals surface area contributed by atoms with Crippen LogP contribution in [0.15, 0.2) is 54.6 Å². The Balaban J connectivity index is 1.28. The lowest BCUT2D eigenvalue weighted by molar-refractivity contribution is -0.138. The fourth-order valence-corrected chi connectivity index (χ4v) is 5.80. The van der Waals surface area contributed by atoms with E-state index in [1.165, 1.54) is 11.1 Å². The first-order chi connectivity index (χ1) is 17.2. The minimum Gasteiger partial charge on any atom is -0.395 e. The molecule has 0 aromatic heterocycles. The second-order valence-electron chi connectivity index (χ2n) is 9.93. The molecular weight excluding hydrogens is 438 g/mol. The summed E-state index contributed by atoms with van der Waals surface area (Å²) in [7, 11) is 0. The summed E-state index contributed by atoms with van der Waals surface area (Å²) < 4.78 is 5.44. The monoisotopic (exact) mass is 475 g/mol. The number of rotatable bonds is 6. The van der Waals surface area contributed by atoms with E-state index in [9.17, 15) is 9.90 Å². The van der Waals surface area contributed by atoms with E-state index in [1.807, 2.05) is 18.2 Å². The molecule has 0 radical (unpaired) electrons. The van der Waals surface area contributed by atoms with Gasteiger partial charge in [0, 0.05) is 44.2 Å². The summed E-state index contributed by atoms with van der Waals surface area (Å²) in [6.07, 6.45) is 6.34. The maximum absolute atomic E-state index is 13.2. The second-order valence-corrected chi connectivity index (χ2v) is 9.93. The number of benzene rings is 2. The molecular formula is C29H37N3O3. The Bertz CT molecular complexity index is 988. The molecule has 3 atom stereocenters. The van der Waals surface area contributed by atoms with E-state index in [0.29, 0.717) is 19.8 Å². The highest BCUT2D eigenvalue weighted by Crippen LogP contribution is 2.42. The number of aliphatic hydroxyl groups is 1. The molecule has 0 saturated carbocycles. The fourth-order valence-electron chi connectivity index (χ4n) is 5.80. The first-order valence-electron chi connectivity index (χ1n) is 13.0. The average molecular weight is 476 g/mol. The van der Waals surface area contributed by atoms with Gasteiger partial charge in [0.2, 0.25) is 5.91 Å². The van der Waals surface area contributed by atoms with E-state index in [-0.39, 0.29) is 30.5 Å². The van der Waals surface area contributed by atoms with E-state index >= 15 is 0 Å². The topological polar surface area (TPSA) is 56.2 Å². The summed E-state index contributed by atoms with van der Waals surface area (Å²) in [5.74, 6) is 0.463. The Morgan fingerprint density at radius 2 is 1.60 bits per heavy atom. The zero-order valence-electron chi connectivity index (χ0n) is 20.5. The van der Waals surface area contributed by atoms with E-state index in [4.69, 9.17) is 4.74 Å². The smallest absolute Gasteiger partial charge is 0.236 e. The van der Waals surface area contributed by atoms with E-state index < -0.39 is 0 Å². The number of aliphatic hydroxyl groups excluding tert-OH is 1. The first kappa shape index (κ1) is 24.2. The van der Waals surface area contributed by atoms with Crippen molar-refractivity contribution in [3.63, 3.8) is 0 Å². The van der Waals surface area contributed by atoms with Crippen LogP contribution in [0, 0.1) is 0 Å². The molecule has 2 aromatic carbocycles. The molecule has 1 N–H and O–H groups in total. The van der Waals surface area contributed by atoms with Crippen LogP contribution in [-0.4, -0.2) is 96.9 Å². The highest BCUT2D eigenvalue weighted by Gasteiger charge is 2.49. The van der Waals surface area contributed by atoms with Crippen LogP contribution >= 0.6 is 0 Å². The van der Waals surface area contributed by atoms with Crippen LogP contribution in [0.1, 0.15) is 35.4 Å². The maximum atomic E-state index is 13.2. The van der Waals surface area contributed by atoms with Crippen LogP contribution in [0.2, 0.25) is 0 Å². The van der Waals surface area contributed by atoms with Gasteiger partial charge in [-0.25, -0.2) is 0 Å². The van der Waals surface area contributed by atoms with Crippen molar-refractivity contribution in [3.8, 4) is 0 Å². The Kier molecular flexibility index (Phi) is 7.94. The van der Waals surface area contributed by atoms with E-state index in [0.717, 1.165) is 51.1 Å². The van der Waals surface area contributed by atoms with Crippen LogP contribution in [0.25, 0.3) is 12.2 Å². The highest BCUT2D eigenvalue weighted by molar-refractivity contribution is 5.78. The SMILES string of the molecule is O=C(CN1CCOCC1)N1CCCCN2[C@H](CO)[C@@H](c3ccc(/C=C/c4ccccc4)cc3)[C@H]2C1. The molecule has 3 heterocycles. The van der Waals surface area contributed by atoms with Gasteiger partial charge >= 0.3 is 0 Å². The zero-order chi connectivity index (χ0) is 24.0. The number of ether oxygens (including phenoxy) is 1. The van der Waals surface area contributed by atoms with E-state index in [2.05, 4.69) is 63.2 Å². The van der Waals surface area contributed by atoms with Gasteiger partial charge in [-0.1, -0.05) is 66.7 Å². The summed E-state index contributed by atoms with van der Waals surface area (Å²) >= 11 is 0. The molecule has 0 bridgehead atoms. The summed E-state index contributed by atoms with van der Waals surface area (Å²) in [4.78, 5) is 19.9. The number of carbonyl (C=O) groups excluding carboxylic acids is 1. The zero-order valence-corrected chi connectivity index (χ0v) is 20.5. The van der Waals surface area contributed by atoms with Crippen molar-refractivity contribution in [2.24, 2.45) is 0 Å². The van der Waals surface area contributed by atoms with Crippen LogP contribution in [0.3, 0.4) is 0 Å². The number of nitrogens with zero attached hydrogens (tertiary/aromatic N) is 3. The molecule has 5 rings (SSSR count). The maximum Gasteiger partial charge on any atom is 0.236 e. The van der Waals surface area contributed by atoms with Gasteiger partial charge in [0.25, 0.3) is 0 Å². The van der Waals surface area contributed by atoms with Gasteiger partial charge in [-0.2, -0.15) is 0 Å². The molecule has 0 unspecified atom stereocenters. The molecule has 35 heavy (non-hydrogen) atoms. The summed E-state index contributed by atoms with van der Waals surface area (Å²) in [6, 6.07) is 19.4. The molecule has 186 valence electrons. The second kappa shape index (κ2) is 11.5. The van der Waals surface area contributed by atoms with Crippen molar-refractivity contribution in [2.75, 3.05) is 59.1 Å². The van der Waals surface area contributed by atoms with Crippen molar-refractivity contribution in [2.45, 2.75) is 30.8 Å². The van der Waals surface area contributed by atoms with E-state index in [1.54, 1.807) is 0 Å². The quantitative estimate of drug-likeness (QED) is 0.651. The van der Waals surface area contributed by atoms with Gasteiger partial charge in [0.15, 0.2) is 0 Å². The molecule has 3 aliphatic heterocycles. The molecule has 3 aliphatic rings. The van der Waals surface area contributed by atoms with Crippen molar-refractivity contribution in [1.82, 2.24) is 14.7 Å². The van der Waals surface area contributed by atoms with Gasteiger partial charge in [-0.3, -0.25) is 14.6 Å². The van der Waals surface area contributed by atoms with Crippen molar-refractivity contribution in [1.29, 1.82) is 0 Å². The summed E-state index contributed by atoms with van der Waals surface area (Å²) in [6.45, 7) is 6.26. The molecule has 0 spiro atoms. The number of morpholine rings is 1. The van der Waals surface area contributed by atoms with Crippen LogP contribution in [0.4, 0.5) is 0 Å². The van der Waals surface area contributed by atoms with Gasteiger partial charge in [0.1, 0.15) is 0 Å². The predicted molar refractivity (Wildman–Crippen MR) is 139 cm³/mol. The Morgan fingerprint density at radius 1 is 0.914 bits per heavy atom. The Labute approximate surface area is 208 Å². The minimum atomic E-state index is 0.125. The van der Waals surface area contributed by atoms with Gasteiger partial charge in [0.05, 0.1) is 26.4 Å². The Morgan fingerprint density at radius 3 is 2.31 bits per heavy atom. The summed E-state index contributed by atoms with van der Waals surface area (Å²) in [5.41, 5.74) is 3.60. The van der Waals surface area contributed by atoms with Crippen LogP contribution in [0.5, 0.6) is 0 Å². The summed E-state index contributed by atoms with van der Waals surface area (Å²) in [5, 5.41) is 10.2. The Hall–Kier alpha value is -2.51. The normalized spacial score (nSPS) is 26.1. The number of hydrogen-bond acceptors (Lipinski definition) is 5. The molecule has 2 aromatic rings. The third kappa shape index (κ3) is 5.67. The fraction of sp³-hybridized carbons (Fsp3) is 0.483. The van der Waals surface area contributed by atoms with Gasteiger partial charge < -0.3 is 14.7 Å². The molecule has 3 saturated heterocycles. The van der Waals surface area contributed by atoms with Gasteiger partial charge in [-0.05, 0) is 36.1 Å². The number of fused-ring (bicyclic) bond motifs is 1. The lowest BCUT2D eigenvalue weighted by Gasteiger charge is -2.57. The van der Waals surface area contributed by atoms with Crippen molar-refractivity contribution >= 4 is 18.1 Å². The van der Waals surface area contributed by atoms with Gasteiger partial charge in [-0.15, -0.1) is 0 Å². The predicted octanol–water partition coefficient (Wildman–Crippen LogP) is 2.94. The van der Waals surface area contributed by atoms with Crippen LogP contribution < -0.4 is 0 Å². The van der Waals surface area contributed by atoms with Crippen LogP contribution in [-0.2, 0) is 9.53 Å². The molecule has 3 fully saturated rings.